The molecule has 6 heteroatoms. The Morgan fingerprint density at radius 1 is 1.15 bits per heavy atom. The Morgan fingerprint density at radius 2 is 1.90 bits per heavy atom. The van der Waals surface area contributed by atoms with Crippen molar-refractivity contribution in [3.8, 4) is 0 Å². The van der Waals surface area contributed by atoms with Crippen LogP contribution < -0.4 is 0 Å². The molecule has 1 fully saturated rings. The summed E-state index contributed by atoms with van der Waals surface area (Å²) in [5.41, 5.74) is 2.37. The van der Waals surface area contributed by atoms with Crippen LogP contribution >= 0.6 is 0 Å². The molecule has 1 aromatic rings. The Hall–Kier alpha value is -0.950. The summed E-state index contributed by atoms with van der Waals surface area (Å²) < 4.78 is 33.9. The van der Waals surface area contributed by atoms with Crippen molar-refractivity contribution in [1.82, 2.24) is 8.61 Å². The van der Waals surface area contributed by atoms with E-state index in [0.717, 1.165) is 12.0 Å². The van der Waals surface area contributed by atoms with Crippen molar-refractivity contribution >= 4 is 10.2 Å². The summed E-state index contributed by atoms with van der Waals surface area (Å²) in [6, 6.07) is 8.06. The maximum atomic E-state index is 12.7. The Bertz CT molecular complexity index is 588. The van der Waals surface area contributed by atoms with Crippen LogP contribution in [0.3, 0.4) is 0 Å². The number of fused-ring (bicyclic) bond motifs is 1. The second-order valence-corrected chi connectivity index (χ2v) is 7.33. The molecule has 0 N–H and O–H groups in total. The van der Waals surface area contributed by atoms with Crippen LogP contribution in [0.1, 0.15) is 18.1 Å². The van der Waals surface area contributed by atoms with Crippen LogP contribution in [0.2, 0.25) is 0 Å². The van der Waals surface area contributed by atoms with E-state index < -0.39 is 10.2 Å². The average Bonchev–Trinajstić information content (AvgIpc) is 2.46. The molecule has 0 saturated carbocycles. The van der Waals surface area contributed by atoms with Gasteiger partial charge < -0.3 is 4.74 Å². The number of nitrogens with zero attached hydrogens (tertiary/aromatic N) is 2. The van der Waals surface area contributed by atoms with Crippen molar-refractivity contribution < 1.29 is 13.2 Å². The summed E-state index contributed by atoms with van der Waals surface area (Å²) in [5, 5.41) is 0. The molecule has 5 nitrogen and oxygen atoms in total. The summed E-state index contributed by atoms with van der Waals surface area (Å²) in [6.07, 6.45) is 0.755. The minimum absolute atomic E-state index is 0.0319. The van der Waals surface area contributed by atoms with Crippen LogP contribution in [0.25, 0.3) is 0 Å². The summed E-state index contributed by atoms with van der Waals surface area (Å²) in [6.45, 7) is 4.32. The first kappa shape index (κ1) is 14.0. The van der Waals surface area contributed by atoms with E-state index in [-0.39, 0.29) is 6.10 Å². The van der Waals surface area contributed by atoms with Gasteiger partial charge in [-0.05, 0) is 24.5 Å². The molecule has 3 rings (SSSR count). The second-order valence-electron chi connectivity index (χ2n) is 5.40. The highest BCUT2D eigenvalue weighted by Gasteiger charge is 2.34. The molecule has 0 bridgehead atoms. The lowest BCUT2D eigenvalue weighted by atomic mass is 10.0. The van der Waals surface area contributed by atoms with E-state index in [4.69, 9.17) is 4.74 Å². The summed E-state index contributed by atoms with van der Waals surface area (Å²) in [7, 11) is -3.37. The molecule has 1 aromatic carbocycles. The fraction of sp³-hybridized carbons (Fsp3) is 0.571. The van der Waals surface area contributed by atoms with Gasteiger partial charge in [0.15, 0.2) is 0 Å². The van der Waals surface area contributed by atoms with Crippen LogP contribution in [0.5, 0.6) is 0 Å². The molecular weight excluding hydrogens is 276 g/mol. The number of rotatable bonds is 2. The normalized spacial score (nSPS) is 25.4. The largest absolute Gasteiger partial charge is 0.376 e. The van der Waals surface area contributed by atoms with E-state index in [1.54, 1.807) is 8.61 Å². The number of hydrogen-bond acceptors (Lipinski definition) is 3. The molecule has 2 heterocycles. The third-order valence-corrected chi connectivity index (χ3v) is 5.90. The van der Waals surface area contributed by atoms with E-state index in [9.17, 15) is 8.42 Å². The molecule has 20 heavy (non-hydrogen) atoms. The number of morpholine rings is 1. The molecule has 1 saturated heterocycles. The predicted molar refractivity (Wildman–Crippen MR) is 76.5 cm³/mol. The first-order chi connectivity index (χ1) is 9.57. The maximum absolute atomic E-state index is 12.7. The monoisotopic (exact) mass is 296 g/mol. The van der Waals surface area contributed by atoms with Crippen LogP contribution in [0.15, 0.2) is 24.3 Å². The van der Waals surface area contributed by atoms with Crippen LogP contribution in [-0.4, -0.2) is 49.4 Å². The zero-order chi connectivity index (χ0) is 14.2. The number of benzene rings is 1. The van der Waals surface area contributed by atoms with Gasteiger partial charge in [0.25, 0.3) is 10.2 Å². The lowest BCUT2D eigenvalue weighted by Crippen LogP contribution is -2.51. The molecule has 1 atom stereocenters. The molecule has 110 valence electrons. The van der Waals surface area contributed by atoms with Gasteiger partial charge in [0, 0.05) is 26.2 Å². The van der Waals surface area contributed by atoms with Gasteiger partial charge >= 0.3 is 0 Å². The van der Waals surface area contributed by atoms with Gasteiger partial charge in [-0.2, -0.15) is 17.0 Å². The summed E-state index contributed by atoms with van der Waals surface area (Å²) >= 11 is 0. The minimum Gasteiger partial charge on any atom is -0.376 e. The minimum atomic E-state index is -3.37. The smallest absolute Gasteiger partial charge is 0.282 e. The van der Waals surface area contributed by atoms with Crippen molar-refractivity contribution in [2.45, 2.75) is 26.0 Å². The first-order valence-electron chi connectivity index (χ1n) is 7.01. The molecule has 2 aliphatic rings. The van der Waals surface area contributed by atoms with Crippen molar-refractivity contribution in [1.29, 1.82) is 0 Å². The van der Waals surface area contributed by atoms with E-state index >= 15 is 0 Å². The zero-order valence-corrected chi connectivity index (χ0v) is 12.5. The molecule has 0 spiro atoms. The fourth-order valence-electron chi connectivity index (χ4n) is 2.83. The van der Waals surface area contributed by atoms with Crippen LogP contribution in [-0.2, 0) is 27.9 Å². The Balaban J connectivity index is 1.79. The van der Waals surface area contributed by atoms with Gasteiger partial charge in [-0.1, -0.05) is 24.3 Å². The Morgan fingerprint density at radius 3 is 2.65 bits per heavy atom. The van der Waals surface area contributed by atoms with E-state index in [1.165, 1.54) is 5.56 Å². The first-order valence-corrected chi connectivity index (χ1v) is 8.40. The van der Waals surface area contributed by atoms with Crippen molar-refractivity contribution in [2.75, 3.05) is 26.2 Å². The quantitative estimate of drug-likeness (QED) is 0.818. The van der Waals surface area contributed by atoms with Gasteiger partial charge in [-0.25, -0.2) is 0 Å². The van der Waals surface area contributed by atoms with Gasteiger partial charge in [0.05, 0.1) is 12.7 Å². The average molecular weight is 296 g/mol. The highest BCUT2D eigenvalue weighted by molar-refractivity contribution is 7.86. The van der Waals surface area contributed by atoms with Gasteiger partial charge in [0.2, 0.25) is 0 Å². The summed E-state index contributed by atoms with van der Waals surface area (Å²) in [5.74, 6) is 0. The standard InChI is InChI=1S/C14H20N2O3S/c1-12-10-16(8-9-19-12)20(17,18)15-7-6-13-4-2-3-5-14(13)11-15/h2-5,12H,6-11H2,1H3/t12-/m0/s1. The number of ether oxygens (including phenoxy) is 1. The molecule has 2 aliphatic heterocycles. The zero-order valence-electron chi connectivity index (χ0n) is 11.7. The topological polar surface area (TPSA) is 49.9 Å². The number of hydrogen-bond donors (Lipinski definition) is 0. The second kappa shape index (κ2) is 5.44. The molecule has 0 aliphatic carbocycles. The fourth-order valence-corrected chi connectivity index (χ4v) is 4.48. The maximum Gasteiger partial charge on any atom is 0.282 e. The SMILES string of the molecule is C[C@H]1CN(S(=O)(=O)N2CCc3ccccc3C2)CCO1. The van der Waals surface area contributed by atoms with Gasteiger partial charge in [-0.3, -0.25) is 0 Å². The Labute approximate surface area is 120 Å². The highest BCUT2D eigenvalue weighted by Crippen LogP contribution is 2.23. The van der Waals surface area contributed by atoms with Gasteiger partial charge in [-0.15, -0.1) is 0 Å². The highest BCUT2D eigenvalue weighted by atomic mass is 32.2. The molecule has 0 amide bonds. The molecular formula is C14H20N2O3S. The third kappa shape index (κ3) is 2.61. The Kier molecular flexibility index (Phi) is 3.81. The lowest BCUT2D eigenvalue weighted by Gasteiger charge is -2.36. The van der Waals surface area contributed by atoms with Crippen molar-refractivity contribution in [3.05, 3.63) is 35.4 Å². The van der Waals surface area contributed by atoms with Gasteiger partial charge in [0.1, 0.15) is 0 Å². The van der Waals surface area contributed by atoms with Crippen LogP contribution in [0.4, 0.5) is 0 Å². The van der Waals surface area contributed by atoms with Crippen molar-refractivity contribution in [2.24, 2.45) is 0 Å². The van der Waals surface area contributed by atoms with E-state index in [0.29, 0.717) is 32.8 Å². The van der Waals surface area contributed by atoms with E-state index in [2.05, 4.69) is 6.07 Å². The molecule has 0 aromatic heterocycles. The lowest BCUT2D eigenvalue weighted by molar-refractivity contribution is 0.00811. The van der Waals surface area contributed by atoms with Crippen molar-refractivity contribution in [3.63, 3.8) is 0 Å². The molecule has 0 unspecified atom stereocenters. The van der Waals surface area contributed by atoms with Crippen LogP contribution in [0, 0.1) is 0 Å². The van der Waals surface area contributed by atoms with E-state index in [1.807, 2.05) is 25.1 Å². The predicted octanol–water partition coefficient (Wildman–Crippen LogP) is 1.01. The molecule has 0 radical (unpaired) electrons. The third-order valence-electron chi connectivity index (χ3n) is 3.95. The summed E-state index contributed by atoms with van der Waals surface area (Å²) in [4.78, 5) is 0.